The van der Waals surface area contributed by atoms with E-state index in [-0.39, 0.29) is 6.04 Å². The molecule has 0 spiro atoms. The van der Waals surface area contributed by atoms with Crippen molar-refractivity contribution in [1.82, 2.24) is 4.90 Å². The fourth-order valence-electron chi connectivity index (χ4n) is 1.88. The summed E-state index contributed by atoms with van der Waals surface area (Å²) in [7, 11) is 3.96. The normalized spacial score (nSPS) is 25.1. The van der Waals surface area contributed by atoms with Gasteiger partial charge in [-0.05, 0) is 25.2 Å². The molecule has 0 aliphatic heterocycles. The van der Waals surface area contributed by atoms with Crippen LogP contribution in [0.4, 0.5) is 0 Å². The molecule has 1 aromatic carbocycles. The minimum atomic E-state index is -0.411. The quantitative estimate of drug-likeness (QED) is 0.726. The van der Waals surface area contributed by atoms with Crippen LogP contribution in [-0.4, -0.2) is 30.1 Å². The van der Waals surface area contributed by atoms with E-state index in [1.807, 2.05) is 49.3 Å². The summed E-state index contributed by atoms with van der Waals surface area (Å²) in [6.07, 6.45) is 3.71. The summed E-state index contributed by atoms with van der Waals surface area (Å²) in [5, 5.41) is 10.1. The van der Waals surface area contributed by atoms with E-state index in [0.717, 1.165) is 11.1 Å². The Labute approximate surface area is 84.5 Å². The van der Waals surface area contributed by atoms with Crippen LogP contribution in [0, 0.1) is 0 Å². The van der Waals surface area contributed by atoms with E-state index < -0.39 is 6.10 Å². The second-order valence-corrected chi connectivity index (χ2v) is 3.89. The lowest BCUT2D eigenvalue weighted by atomic mass is 9.91. The molecule has 0 saturated carbocycles. The number of aliphatic hydroxyl groups excluding tert-OH is 1. The molecule has 0 amide bonds. The van der Waals surface area contributed by atoms with E-state index in [4.69, 9.17) is 0 Å². The topological polar surface area (TPSA) is 23.5 Å². The van der Waals surface area contributed by atoms with Crippen molar-refractivity contribution in [3.05, 3.63) is 41.5 Å². The minimum Gasteiger partial charge on any atom is -0.386 e. The Morgan fingerprint density at radius 2 is 1.93 bits per heavy atom. The first kappa shape index (κ1) is 9.44. The Kier molecular flexibility index (Phi) is 2.40. The summed E-state index contributed by atoms with van der Waals surface area (Å²) in [5.74, 6) is 0. The number of rotatable bonds is 1. The third-order valence-corrected chi connectivity index (χ3v) is 2.71. The molecule has 0 heterocycles. The molecule has 1 aliphatic rings. The molecule has 2 atom stereocenters. The van der Waals surface area contributed by atoms with Gasteiger partial charge in [0.05, 0.1) is 12.1 Å². The third kappa shape index (κ3) is 1.47. The van der Waals surface area contributed by atoms with Gasteiger partial charge in [-0.3, -0.25) is 0 Å². The van der Waals surface area contributed by atoms with Gasteiger partial charge in [-0.15, -0.1) is 0 Å². The van der Waals surface area contributed by atoms with Gasteiger partial charge >= 0.3 is 0 Å². The van der Waals surface area contributed by atoms with Crippen LogP contribution < -0.4 is 0 Å². The van der Waals surface area contributed by atoms with Crippen LogP contribution in [-0.2, 0) is 0 Å². The summed E-state index contributed by atoms with van der Waals surface area (Å²) in [6, 6.07) is 8.06. The minimum absolute atomic E-state index is 0.0879. The molecule has 0 fully saturated rings. The summed E-state index contributed by atoms with van der Waals surface area (Å²) in [6.45, 7) is 0. The molecule has 0 bridgehead atoms. The van der Waals surface area contributed by atoms with E-state index >= 15 is 0 Å². The molecular weight excluding hydrogens is 174 g/mol. The highest BCUT2D eigenvalue weighted by molar-refractivity contribution is 5.58. The van der Waals surface area contributed by atoms with Gasteiger partial charge in [0.15, 0.2) is 0 Å². The van der Waals surface area contributed by atoms with Crippen molar-refractivity contribution in [3.63, 3.8) is 0 Å². The fraction of sp³-hybridized carbons (Fsp3) is 0.333. The van der Waals surface area contributed by atoms with Gasteiger partial charge in [-0.25, -0.2) is 0 Å². The molecule has 2 rings (SSSR count). The molecule has 0 saturated heterocycles. The molecular formula is C12H15NO. The Balaban J connectivity index is 2.40. The van der Waals surface area contributed by atoms with E-state index in [9.17, 15) is 5.11 Å². The predicted molar refractivity (Wildman–Crippen MR) is 57.9 cm³/mol. The lowest BCUT2D eigenvalue weighted by molar-refractivity contribution is 0.0993. The summed E-state index contributed by atoms with van der Waals surface area (Å²) >= 11 is 0. The van der Waals surface area contributed by atoms with Crippen molar-refractivity contribution < 1.29 is 5.11 Å². The standard InChI is InChI=1S/C12H15NO/c1-13(2)11-8-7-9-5-3-4-6-10(9)12(11)14/h3-8,11-12,14H,1-2H3. The van der Waals surface area contributed by atoms with Crippen molar-refractivity contribution in [2.75, 3.05) is 14.1 Å². The molecule has 0 aromatic heterocycles. The second-order valence-electron chi connectivity index (χ2n) is 3.89. The molecule has 1 aromatic rings. The highest BCUT2D eigenvalue weighted by Gasteiger charge is 2.24. The predicted octanol–water partition coefficient (Wildman–Crippen LogP) is 1.68. The molecule has 1 N–H and O–H groups in total. The molecule has 2 heteroatoms. The van der Waals surface area contributed by atoms with Gasteiger partial charge in [0, 0.05) is 0 Å². The summed E-state index contributed by atoms with van der Waals surface area (Å²) < 4.78 is 0. The SMILES string of the molecule is CN(C)C1C=Cc2ccccc2C1O. The number of aliphatic hydroxyl groups is 1. The Morgan fingerprint density at radius 1 is 1.21 bits per heavy atom. The lowest BCUT2D eigenvalue weighted by Crippen LogP contribution is -2.33. The maximum Gasteiger partial charge on any atom is 0.0986 e. The molecule has 2 nitrogen and oxygen atoms in total. The first-order valence-electron chi connectivity index (χ1n) is 4.82. The van der Waals surface area contributed by atoms with Crippen molar-refractivity contribution in [3.8, 4) is 0 Å². The number of nitrogens with zero attached hydrogens (tertiary/aromatic N) is 1. The van der Waals surface area contributed by atoms with E-state index in [0.29, 0.717) is 0 Å². The Bertz CT molecular complexity index is 357. The van der Waals surface area contributed by atoms with Crippen LogP contribution in [0.3, 0.4) is 0 Å². The molecule has 0 radical (unpaired) electrons. The van der Waals surface area contributed by atoms with Gasteiger partial charge in [-0.1, -0.05) is 36.4 Å². The van der Waals surface area contributed by atoms with Gasteiger partial charge in [-0.2, -0.15) is 0 Å². The largest absolute Gasteiger partial charge is 0.386 e. The zero-order chi connectivity index (χ0) is 10.1. The van der Waals surface area contributed by atoms with Gasteiger partial charge < -0.3 is 10.0 Å². The smallest absolute Gasteiger partial charge is 0.0986 e. The van der Waals surface area contributed by atoms with Crippen LogP contribution in [0.1, 0.15) is 17.2 Å². The average Bonchev–Trinajstić information content (AvgIpc) is 2.18. The van der Waals surface area contributed by atoms with Crippen LogP contribution in [0.25, 0.3) is 6.08 Å². The second kappa shape index (κ2) is 3.56. The van der Waals surface area contributed by atoms with Crippen LogP contribution in [0.15, 0.2) is 30.3 Å². The summed E-state index contributed by atoms with van der Waals surface area (Å²) in [4.78, 5) is 2.02. The zero-order valence-electron chi connectivity index (χ0n) is 8.51. The van der Waals surface area contributed by atoms with Crippen molar-refractivity contribution in [2.24, 2.45) is 0 Å². The lowest BCUT2D eigenvalue weighted by Gasteiger charge is -2.30. The molecule has 2 unspecified atom stereocenters. The van der Waals surface area contributed by atoms with E-state index in [2.05, 4.69) is 6.08 Å². The maximum atomic E-state index is 10.1. The molecule has 74 valence electrons. The van der Waals surface area contributed by atoms with E-state index in [1.165, 1.54) is 0 Å². The number of hydrogen-bond acceptors (Lipinski definition) is 2. The van der Waals surface area contributed by atoms with Crippen molar-refractivity contribution in [1.29, 1.82) is 0 Å². The van der Waals surface area contributed by atoms with Crippen LogP contribution in [0.5, 0.6) is 0 Å². The summed E-state index contributed by atoms with van der Waals surface area (Å²) in [5.41, 5.74) is 2.15. The third-order valence-electron chi connectivity index (χ3n) is 2.71. The molecule has 14 heavy (non-hydrogen) atoms. The first-order chi connectivity index (χ1) is 6.70. The number of likely N-dealkylation sites (N-methyl/N-ethyl adjacent to an activating group) is 1. The number of fused-ring (bicyclic) bond motifs is 1. The monoisotopic (exact) mass is 189 g/mol. The maximum absolute atomic E-state index is 10.1. The van der Waals surface area contributed by atoms with Crippen LogP contribution in [0.2, 0.25) is 0 Å². The fourth-order valence-corrected chi connectivity index (χ4v) is 1.88. The van der Waals surface area contributed by atoms with E-state index in [1.54, 1.807) is 0 Å². The van der Waals surface area contributed by atoms with Crippen LogP contribution >= 0.6 is 0 Å². The number of benzene rings is 1. The van der Waals surface area contributed by atoms with Gasteiger partial charge in [0.2, 0.25) is 0 Å². The highest BCUT2D eigenvalue weighted by Crippen LogP contribution is 2.29. The Hall–Kier alpha value is -1.12. The average molecular weight is 189 g/mol. The highest BCUT2D eigenvalue weighted by atomic mass is 16.3. The number of hydrogen-bond donors (Lipinski definition) is 1. The van der Waals surface area contributed by atoms with Gasteiger partial charge in [0.25, 0.3) is 0 Å². The molecule has 1 aliphatic carbocycles. The van der Waals surface area contributed by atoms with Gasteiger partial charge in [0.1, 0.15) is 0 Å². The zero-order valence-corrected chi connectivity index (χ0v) is 8.51. The van der Waals surface area contributed by atoms with Crippen molar-refractivity contribution >= 4 is 6.08 Å². The first-order valence-corrected chi connectivity index (χ1v) is 4.82. The van der Waals surface area contributed by atoms with Crippen molar-refractivity contribution in [2.45, 2.75) is 12.1 Å². The Morgan fingerprint density at radius 3 is 2.64 bits per heavy atom.